The second kappa shape index (κ2) is 4.67. The summed E-state index contributed by atoms with van der Waals surface area (Å²) in [5, 5.41) is 10.5. The third kappa shape index (κ3) is 2.36. The average molecular weight is 236 g/mol. The van der Waals surface area contributed by atoms with Gasteiger partial charge in [-0.05, 0) is 41.8 Å². The van der Waals surface area contributed by atoms with Crippen molar-refractivity contribution in [3.8, 4) is 0 Å². The number of nitrogens with zero attached hydrogens (tertiary/aromatic N) is 3. The second-order valence-corrected chi connectivity index (χ2v) is 4.47. The number of hydrogen-bond acceptors (Lipinski definition) is 5. The minimum absolute atomic E-state index is 0.115. The van der Waals surface area contributed by atoms with E-state index in [9.17, 15) is 10.1 Å². The van der Waals surface area contributed by atoms with Crippen LogP contribution >= 0.6 is 0 Å². The minimum Gasteiger partial charge on any atom is -0.365 e. The van der Waals surface area contributed by atoms with Crippen LogP contribution in [0.2, 0.25) is 0 Å². The van der Waals surface area contributed by atoms with Crippen LogP contribution in [0.15, 0.2) is 18.3 Å². The van der Waals surface area contributed by atoms with Crippen molar-refractivity contribution in [1.82, 2.24) is 4.98 Å². The Balaban J connectivity index is 2.15. The summed E-state index contributed by atoms with van der Waals surface area (Å²) in [4.78, 5) is 16.1. The Morgan fingerprint density at radius 1 is 1.65 bits per heavy atom. The first-order chi connectivity index (χ1) is 8.11. The zero-order valence-electron chi connectivity index (χ0n) is 9.74. The minimum atomic E-state index is -0.486. The van der Waals surface area contributed by atoms with Crippen LogP contribution in [0.4, 0.5) is 11.5 Å². The van der Waals surface area contributed by atoms with Gasteiger partial charge in [-0.1, -0.05) is 0 Å². The Morgan fingerprint density at radius 3 is 2.88 bits per heavy atom. The van der Waals surface area contributed by atoms with Gasteiger partial charge in [0.05, 0.1) is 5.69 Å². The standard InChI is InChI=1S/C11H16N4O2/c1-8-4-9(5-12)7-14(8)10-2-3-11(13-6-10)15(16)17/h2-3,6,8-9H,4-5,7,12H2,1H3. The third-order valence-corrected chi connectivity index (χ3v) is 3.25. The number of nitro groups is 1. The SMILES string of the molecule is CC1CC(CN)CN1c1ccc([N+](=O)[O-])nc1. The molecule has 1 aromatic heterocycles. The Labute approximate surface area is 99.6 Å². The highest BCUT2D eigenvalue weighted by atomic mass is 16.6. The van der Waals surface area contributed by atoms with E-state index in [0.29, 0.717) is 18.5 Å². The Bertz CT molecular complexity index is 406. The predicted molar refractivity (Wildman–Crippen MR) is 64.9 cm³/mol. The van der Waals surface area contributed by atoms with E-state index in [-0.39, 0.29) is 5.82 Å². The van der Waals surface area contributed by atoms with Crippen LogP contribution in [0.1, 0.15) is 13.3 Å². The summed E-state index contributed by atoms with van der Waals surface area (Å²) < 4.78 is 0. The topological polar surface area (TPSA) is 85.3 Å². The maximum Gasteiger partial charge on any atom is 0.363 e. The first-order valence-corrected chi connectivity index (χ1v) is 5.69. The molecule has 0 spiro atoms. The summed E-state index contributed by atoms with van der Waals surface area (Å²) in [6, 6.07) is 3.60. The van der Waals surface area contributed by atoms with E-state index in [4.69, 9.17) is 5.73 Å². The Kier molecular flexibility index (Phi) is 3.23. The molecule has 17 heavy (non-hydrogen) atoms. The van der Waals surface area contributed by atoms with E-state index in [0.717, 1.165) is 18.7 Å². The number of anilines is 1. The van der Waals surface area contributed by atoms with Crippen molar-refractivity contribution in [1.29, 1.82) is 0 Å². The summed E-state index contributed by atoms with van der Waals surface area (Å²) >= 11 is 0. The number of rotatable bonds is 3. The van der Waals surface area contributed by atoms with Gasteiger partial charge in [-0.3, -0.25) is 0 Å². The lowest BCUT2D eigenvalue weighted by atomic mass is 10.1. The molecule has 6 nitrogen and oxygen atoms in total. The molecule has 2 rings (SSSR count). The number of aromatic nitrogens is 1. The molecule has 2 N–H and O–H groups in total. The highest BCUT2D eigenvalue weighted by molar-refractivity contribution is 5.48. The molecule has 2 atom stereocenters. The molecule has 0 radical (unpaired) electrons. The van der Waals surface area contributed by atoms with Gasteiger partial charge >= 0.3 is 5.82 Å². The van der Waals surface area contributed by atoms with E-state index in [1.165, 1.54) is 6.07 Å². The van der Waals surface area contributed by atoms with Crippen molar-refractivity contribution in [2.24, 2.45) is 11.7 Å². The molecule has 1 aromatic rings. The lowest BCUT2D eigenvalue weighted by molar-refractivity contribution is -0.389. The van der Waals surface area contributed by atoms with Crippen molar-refractivity contribution in [3.05, 3.63) is 28.4 Å². The zero-order valence-corrected chi connectivity index (χ0v) is 9.74. The molecule has 6 heteroatoms. The fourth-order valence-corrected chi connectivity index (χ4v) is 2.33. The largest absolute Gasteiger partial charge is 0.365 e. The molecule has 0 aliphatic carbocycles. The highest BCUT2D eigenvalue weighted by Crippen LogP contribution is 2.28. The number of hydrogen-bond donors (Lipinski definition) is 1. The molecule has 1 aliphatic rings. The summed E-state index contributed by atoms with van der Waals surface area (Å²) in [5.41, 5.74) is 6.60. The molecule has 0 bridgehead atoms. The summed E-state index contributed by atoms with van der Waals surface area (Å²) in [6.07, 6.45) is 2.63. The van der Waals surface area contributed by atoms with Crippen LogP contribution in [-0.4, -0.2) is 29.0 Å². The molecule has 0 aromatic carbocycles. The fourth-order valence-electron chi connectivity index (χ4n) is 2.33. The quantitative estimate of drug-likeness (QED) is 0.628. The van der Waals surface area contributed by atoms with Gasteiger partial charge in [0, 0.05) is 18.7 Å². The first-order valence-electron chi connectivity index (χ1n) is 5.69. The summed E-state index contributed by atoms with van der Waals surface area (Å²) in [7, 11) is 0. The maximum atomic E-state index is 10.5. The average Bonchev–Trinajstić information content (AvgIpc) is 2.71. The van der Waals surface area contributed by atoms with Crippen LogP contribution in [0, 0.1) is 16.0 Å². The van der Waals surface area contributed by atoms with Gasteiger partial charge in [0.1, 0.15) is 0 Å². The zero-order chi connectivity index (χ0) is 12.4. The Hall–Kier alpha value is -1.69. The van der Waals surface area contributed by atoms with Gasteiger partial charge in [-0.2, -0.15) is 0 Å². The molecule has 1 fully saturated rings. The molecule has 1 aliphatic heterocycles. The van der Waals surface area contributed by atoms with Crippen molar-refractivity contribution >= 4 is 11.5 Å². The van der Waals surface area contributed by atoms with Crippen molar-refractivity contribution < 1.29 is 4.92 Å². The van der Waals surface area contributed by atoms with Gasteiger partial charge in [-0.15, -0.1) is 0 Å². The molecular weight excluding hydrogens is 220 g/mol. The van der Waals surface area contributed by atoms with Gasteiger partial charge in [0.15, 0.2) is 6.20 Å². The van der Waals surface area contributed by atoms with Crippen LogP contribution in [0.3, 0.4) is 0 Å². The molecule has 0 saturated carbocycles. The van der Waals surface area contributed by atoms with Gasteiger partial charge in [0.2, 0.25) is 0 Å². The van der Waals surface area contributed by atoms with Gasteiger partial charge in [-0.25, -0.2) is 0 Å². The van der Waals surface area contributed by atoms with Gasteiger partial charge in [0.25, 0.3) is 0 Å². The van der Waals surface area contributed by atoms with E-state index in [1.807, 2.05) is 0 Å². The number of pyridine rings is 1. The fraction of sp³-hybridized carbons (Fsp3) is 0.545. The second-order valence-electron chi connectivity index (χ2n) is 4.47. The van der Waals surface area contributed by atoms with E-state index in [1.54, 1.807) is 12.3 Å². The normalized spacial score (nSPS) is 24.0. The van der Waals surface area contributed by atoms with Crippen LogP contribution in [0.5, 0.6) is 0 Å². The molecular formula is C11H16N4O2. The first kappa shape index (κ1) is 11.8. The third-order valence-electron chi connectivity index (χ3n) is 3.25. The van der Waals surface area contributed by atoms with Crippen LogP contribution < -0.4 is 10.6 Å². The Morgan fingerprint density at radius 2 is 2.41 bits per heavy atom. The lowest BCUT2D eigenvalue weighted by Gasteiger charge is -2.22. The van der Waals surface area contributed by atoms with Crippen molar-refractivity contribution in [2.75, 3.05) is 18.0 Å². The molecule has 2 unspecified atom stereocenters. The monoisotopic (exact) mass is 236 g/mol. The van der Waals surface area contributed by atoms with E-state index >= 15 is 0 Å². The molecule has 92 valence electrons. The van der Waals surface area contributed by atoms with Crippen molar-refractivity contribution in [3.63, 3.8) is 0 Å². The highest BCUT2D eigenvalue weighted by Gasteiger charge is 2.29. The lowest BCUT2D eigenvalue weighted by Crippen LogP contribution is -2.27. The van der Waals surface area contributed by atoms with Gasteiger partial charge < -0.3 is 20.7 Å². The van der Waals surface area contributed by atoms with Crippen LogP contribution in [-0.2, 0) is 0 Å². The molecule has 0 amide bonds. The molecule has 1 saturated heterocycles. The van der Waals surface area contributed by atoms with E-state index < -0.39 is 4.92 Å². The predicted octanol–water partition coefficient (Wildman–Crippen LogP) is 1.16. The maximum absolute atomic E-state index is 10.5. The van der Waals surface area contributed by atoms with Crippen LogP contribution in [0.25, 0.3) is 0 Å². The smallest absolute Gasteiger partial charge is 0.363 e. The van der Waals surface area contributed by atoms with E-state index in [2.05, 4.69) is 16.8 Å². The summed E-state index contributed by atoms with van der Waals surface area (Å²) in [6.45, 7) is 3.72. The summed E-state index contributed by atoms with van der Waals surface area (Å²) in [5.74, 6) is 0.385. The molecule has 2 heterocycles. The number of nitrogens with two attached hydrogens (primary N) is 1. The van der Waals surface area contributed by atoms with Crippen molar-refractivity contribution in [2.45, 2.75) is 19.4 Å².